The molecule has 0 spiro atoms. The van der Waals surface area contributed by atoms with Gasteiger partial charge in [-0.05, 0) is 79.7 Å². The third-order valence-corrected chi connectivity index (χ3v) is 10.5. The molecule has 224 valence electrons. The Morgan fingerprint density at radius 2 is 1.98 bits per heavy atom. The van der Waals surface area contributed by atoms with E-state index in [4.69, 9.17) is 14.5 Å². The first-order valence-corrected chi connectivity index (χ1v) is 15.8. The highest BCUT2D eigenvalue weighted by Crippen LogP contribution is 2.44. The van der Waals surface area contributed by atoms with Gasteiger partial charge in [0.05, 0.1) is 24.9 Å². The summed E-state index contributed by atoms with van der Waals surface area (Å²) in [6.45, 7) is 5.87. The normalized spacial score (nSPS) is 23.2. The molecule has 4 fully saturated rings. The van der Waals surface area contributed by atoms with Crippen LogP contribution in [-0.2, 0) is 24.8 Å². The van der Waals surface area contributed by atoms with E-state index in [1.54, 1.807) is 12.0 Å². The largest absolute Gasteiger partial charge is 0.494 e. The van der Waals surface area contributed by atoms with E-state index in [0.717, 1.165) is 48.5 Å². The lowest BCUT2D eigenvalue weighted by atomic mass is 10.0. The van der Waals surface area contributed by atoms with Crippen LogP contribution in [0, 0.1) is 17.8 Å². The van der Waals surface area contributed by atoms with E-state index in [2.05, 4.69) is 45.2 Å². The number of carbonyl (C=O) groups is 2. The first-order chi connectivity index (χ1) is 20.9. The second-order valence-corrected chi connectivity index (χ2v) is 13.1. The summed E-state index contributed by atoms with van der Waals surface area (Å²) >= 11 is 0. The number of carbonyl (C=O) groups excluding carboxylic acids is 2. The number of likely N-dealkylation sites (tertiary alicyclic amines) is 1. The predicted molar refractivity (Wildman–Crippen MR) is 164 cm³/mol. The summed E-state index contributed by atoms with van der Waals surface area (Å²) in [7, 11) is 3.71. The lowest BCUT2D eigenvalue weighted by Gasteiger charge is -2.27. The molecule has 9 heteroatoms. The Balaban J connectivity index is 1.17. The van der Waals surface area contributed by atoms with Gasteiger partial charge in [-0.3, -0.25) is 4.79 Å². The SMILES string of the molecule is COc1cc(C(=O)N2CC3CCC2[C@@H]3C)cc2nc(-c3cc4ccc(CCN5CCOC5=O)cc4n3CC3CC3)n(C)c12. The van der Waals surface area contributed by atoms with Crippen LogP contribution in [0.1, 0.15) is 48.5 Å². The molecule has 2 unspecified atom stereocenters. The number of fused-ring (bicyclic) bond motifs is 4. The maximum atomic E-state index is 13.7. The van der Waals surface area contributed by atoms with Gasteiger partial charge < -0.3 is 28.4 Å². The van der Waals surface area contributed by atoms with Gasteiger partial charge in [-0.2, -0.15) is 0 Å². The van der Waals surface area contributed by atoms with Crippen LogP contribution in [-0.4, -0.2) is 75.3 Å². The van der Waals surface area contributed by atoms with E-state index in [1.165, 1.54) is 35.7 Å². The monoisotopic (exact) mass is 581 g/mol. The van der Waals surface area contributed by atoms with Gasteiger partial charge in [-0.25, -0.2) is 9.78 Å². The molecule has 3 atom stereocenters. The number of hydrogen-bond acceptors (Lipinski definition) is 5. The summed E-state index contributed by atoms with van der Waals surface area (Å²) in [5, 5.41) is 1.17. The van der Waals surface area contributed by atoms with Gasteiger partial charge in [-0.1, -0.05) is 19.1 Å². The molecule has 2 bridgehead atoms. The van der Waals surface area contributed by atoms with E-state index in [9.17, 15) is 9.59 Å². The quantitative estimate of drug-likeness (QED) is 0.275. The second kappa shape index (κ2) is 10.0. The van der Waals surface area contributed by atoms with Crippen molar-refractivity contribution < 1.29 is 19.1 Å². The molecule has 43 heavy (non-hydrogen) atoms. The van der Waals surface area contributed by atoms with Gasteiger partial charge in [-0.15, -0.1) is 0 Å². The Kier molecular flexibility index (Phi) is 6.21. The molecule has 4 aliphatic rings. The fourth-order valence-electron chi connectivity index (χ4n) is 7.82. The topological polar surface area (TPSA) is 81.8 Å². The summed E-state index contributed by atoms with van der Waals surface area (Å²) in [5.74, 6) is 3.48. The molecule has 2 aromatic heterocycles. The fraction of sp³-hybridized carbons (Fsp3) is 0.500. The number of methoxy groups -OCH3 is 1. The molecule has 2 aliphatic carbocycles. The fourth-order valence-corrected chi connectivity index (χ4v) is 7.82. The number of ether oxygens (including phenoxy) is 2. The number of piperidine rings is 1. The second-order valence-electron chi connectivity index (χ2n) is 13.1. The molecule has 9 nitrogen and oxygen atoms in total. The van der Waals surface area contributed by atoms with Crippen molar-refractivity contribution in [2.45, 2.75) is 51.6 Å². The lowest BCUT2D eigenvalue weighted by Crippen LogP contribution is -2.38. The first-order valence-electron chi connectivity index (χ1n) is 15.8. The van der Waals surface area contributed by atoms with Gasteiger partial charge in [0.2, 0.25) is 0 Å². The maximum Gasteiger partial charge on any atom is 0.409 e. The molecular weight excluding hydrogens is 542 g/mol. The number of aromatic nitrogens is 3. The first kappa shape index (κ1) is 26.6. The van der Waals surface area contributed by atoms with Gasteiger partial charge in [0.25, 0.3) is 5.91 Å². The molecular formula is C34H39N5O4. The number of imidazole rings is 1. The zero-order valence-electron chi connectivity index (χ0n) is 25.2. The van der Waals surface area contributed by atoms with E-state index in [1.807, 2.05) is 19.2 Å². The van der Waals surface area contributed by atoms with Gasteiger partial charge >= 0.3 is 6.09 Å². The standard InChI is InChI=1S/C34H39N5O4/c1-20-24-8-9-27(20)39(19-24)33(40)25-15-26-31(30(17-25)42-3)36(2)32(35-26)29-16-23-7-6-21(10-11-37-12-13-43-34(37)41)14-28(23)38(29)18-22-4-5-22/h6-7,14-17,20,22,24,27H,4-5,8-13,18-19H2,1-3H3/t20-,24?,27?/m1/s1. The number of rotatable bonds is 8. The number of benzene rings is 2. The average molecular weight is 582 g/mol. The van der Waals surface area contributed by atoms with Crippen LogP contribution in [0.3, 0.4) is 0 Å². The van der Waals surface area contributed by atoms with Crippen LogP contribution in [0.15, 0.2) is 36.4 Å². The van der Waals surface area contributed by atoms with Gasteiger partial charge in [0.1, 0.15) is 17.9 Å². The van der Waals surface area contributed by atoms with Crippen LogP contribution in [0.2, 0.25) is 0 Å². The van der Waals surface area contributed by atoms with Gasteiger partial charge in [0.15, 0.2) is 5.82 Å². The highest BCUT2D eigenvalue weighted by Gasteiger charge is 2.46. The molecule has 8 rings (SSSR count). The summed E-state index contributed by atoms with van der Waals surface area (Å²) in [6, 6.07) is 13.0. The summed E-state index contributed by atoms with van der Waals surface area (Å²) < 4.78 is 15.5. The predicted octanol–water partition coefficient (Wildman–Crippen LogP) is 5.48. The highest BCUT2D eigenvalue weighted by molar-refractivity contribution is 6.00. The summed E-state index contributed by atoms with van der Waals surface area (Å²) in [5.41, 5.74) is 5.79. The van der Waals surface area contributed by atoms with Crippen LogP contribution in [0.5, 0.6) is 5.75 Å². The molecule has 0 N–H and O–H groups in total. The number of hydrogen-bond donors (Lipinski definition) is 0. The van der Waals surface area contributed by atoms with Crippen molar-refractivity contribution in [3.8, 4) is 17.3 Å². The Morgan fingerprint density at radius 1 is 1.12 bits per heavy atom. The van der Waals surface area contributed by atoms with Crippen LogP contribution in [0.4, 0.5) is 4.79 Å². The Hall–Kier alpha value is -4.01. The van der Waals surface area contributed by atoms with Crippen LogP contribution >= 0.6 is 0 Å². The average Bonchev–Trinajstić information content (AvgIpc) is 3.24. The Labute approximate surface area is 251 Å². The van der Waals surface area contributed by atoms with Crippen LogP contribution in [0.25, 0.3) is 33.5 Å². The number of amides is 2. The minimum absolute atomic E-state index is 0.0871. The Bertz CT molecular complexity index is 1770. The minimum atomic E-state index is -0.218. The molecule has 2 amide bonds. The molecule has 4 heterocycles. The highest BCUT2D eigenvalue weighted by atomic mass is 16.6. The maximum absolute atomic E-state index is 13.7. The van der Waals surface area contributed by atoms with E-state index < -0.39 is 0 Å². The molecule has 4 aromatic rings. The molecule has 2 aromatic carbocycles. The third kappa shape index (κ3) is 4.38. The summed E-state index contributed by atoms with van der Waals surface area (Å²) in [6.07, 6.45) is 5.38. The van der Waals surface area contributed by atoms with Crippen molar-refractivity contribution >= 4 is 33.9 Å². The molecule has 2 aliphatic heterocycles. The molecule has 0 radical (unpaired) electrons. The van der Waals surface area contributed by atoms with Crippen molar-refractivity contribution in [1.82, 2.24) is 23.9 Å². The van der Waals surface area contributed by atoms with E-state index in [-0.39, 0.29) is 12.0 Å². The van der Waals surface area contributed by atoms with Crippen LogP contribution < -0.4 is 4.74 Å². The zero-order valence-corrected chi connectivity index (χ0v) is 25.2. The number of cyclic esters (lactones) is 1. The number of aryl methyl sites for hydroxylation is 1. The third-order valence-electron chi connectivity index (χ3n) is 10.5. The zero-order chi connectivity index (χ0) is 29.4. The minimum Gasteiger partial charge on any atom is -0.494 e. The smallest absolute Gasteiger partial charge is 0.409 e. The van der Waals surface area contributed by atoms with Crippen molar-refractivity contribution in [2.24, 2.45) is 24.8 Å². The van der Waals surface area contributed by atoms with E-state index >= 15 is 0 Å². The van der Waals surface area contributed by atoms with E-state index in [0.29, 0.717) is 54.8 Å². The van der Waals surface area contributed by atoms with Crippen molar-refractivity contribution in [2.75, 3.05) is 33.4 Å². The van der Waals surface area contributed by atoms with Gasteiger partial charge in [0, 0.05) is 49.2 Å². The molecule has 2 saturated carbocycles. The Morgan fingerprint density at radius 3 is 2.67 bits per heavy atom. The summed E-state index contributed by atoms with van der Waals surface area (Å²) in [4.78, 5) is 34.7. The van der Waals surface area contributed by atoms with Crippen molar-refractivity contribution in [1.29, 1.82) is 0 Å². The number of nitrogens with zero attached hydrogens (tertiary/aromatic N) is 5. The lowest BCUT2D eigenvalue weighted by molar-refractivity contribution is 0.0695. The van der Waals surface area contributed by atoms with Crippen molar-refractivity contribution in [3.63, 3.8) is 0 Å². The van der Waals surface area contributed by atoms with Crippen molar-refractivity contribution in [3.05, 3.63) is 47.5 Å². The molecule has 2 saturated heterocycles.